The van der Waals surface area contributed by atoms with Gasteiger partial charge in [0.2, 0.25) is 0 Å². The van der Waals surface area contributed by atoms with Crippen LogP contribution < -0.4 is 5.73 Å². The number of nitrogens with two attached hydrogens (primary N) is 1. The molecule has 0 aliphatic rings. The van der Waals surface area contributed by atoms with Crippen LogP contribution in [0.2, 0.25) is 0 Å². The second-order valence-electron chi connectivity index (χ2n) is 5.49. The van der Waals surface area contributed by atoms with Crippen molar-refractivity contribution in [1.82, 2.24) is 9.55 Å². The first kappa shape index (κ1) is 12.7. The predicted octanol–water partition coefficient (Wildman–Crippen LogP) is 3.70. The third kappa shape index (κ3) is 1.74. The quantitative estimate of drug-likeness (QED) is 0.525. The molecule has 4 aromatic rings. The number of rotatable bonds is 1. The van der Waals surface area contributed by atoms with Gasteiger partial charge in [0, 0.05) is 28.4 Å². The SMILES string of the molecule is Cc1cc2cccc(N)c2n1C(=O)c1ccc2cc[nH]c2c1. The Bertz CT molecular complexity index is 1020. The Labute approximate surface area is 127 Å². The van der Waals surface area contributed by atoms with Crippen LogP contribution in [0.15, 0.2) is 54.7 Å². The summed E-state index contributed by atoms with van der Waals surface area (Å²) >= 11 is 0. The number of carbonyl (C=O) groups excluding carboxylic acids is 1. The minimum Gasteiger partial charge on any atom is -0.397 e. The lowest BCUT2D eigenvalue weighted by Gasteiger charge is -2.09. The first-order chi connectivity index (χ1) is 10.6. The fourth-order valence-corrected chi connectivity index (χ4v) is 2.99. The van der Waals surface area contributed by atoms with Crippen LogP contribution in [0.25, 0.3) is 21.8 Å². The first-order valence-corrected chi connectivity index (χ1v) is 7.13. The van der Waals surface area contributed by atoms with Gasteiger partial charge in [-0.3, -0.25) is 9.36 Å². The summed E-state index contributed by atoms with van der Waals surface area (Å²) in [5.74, 6) is -0.0677. The van der Waals surface area contributed by atoms with Crippen molar-refractivity contribution < 1.29 is 4.79 Å². The largest absolute Gasteiger partial charge is 0.397 e. The van der Waals surface area contributed by atoms with E-state index in [2.05, 4.69) is 4.98 Å². The molecule has 2 aromatic carbocycles. The van der Waals surface area contributed by atoms with Crippen LogP contribution in [0, 0.1) is 6.92 Å². The van der Waals surface area contributed by atoms with Crippen molar-refractivity contribution in [3.05, 3.63) is 66.0 Å². The normalized spacial score (nSPS) is 11.3. The summed E-state index contributed by atoms with van der Waals surface area (Å²) in [6.07, 6.45) is 1.87. The summed E-state index contributed by atoms with van der Waals surface area (Å²) in [4.78, 5) is 16.1. The lowest BCUT2D eigenvalue weighted by molar-refractivity contribution is 0.0963. The van der Waals surface area contributed by atoms with E-state index in [4.69, 9.17) is 5.73 Å². The molecule has 0 fully saturated rings. The molecule has 4 heteroatoms. The standard InChI is InChI=1S/C18H15N3O/c1-11-9-13-3-2-4-15(19)17(13)21(11)18(22)14-6-5-12-7-8-20-16(12)10-14/h2-10,20H,19H2,1H3. The van der Waals surface area contributed by atoms with E-state index < -0.39 is 0 Å². The van der Waals surface area contributed by atoms with E-state index in [-0.39, 0.29) is 5.91 Å². The lowest BCUT2D eigenvalue weighted by atomic mass is 10.1. The third-order valence-electron chi connectivity index (χ3n) is 4.04. The van der Waals surface area contributed by atoms with Gasteiger partial charge < -0.3 is 10.7 Å². The summed E-state index contributed by atoms with van der Waals surface area (Å²) in [7, 11) is 0. The molecule has 0 radical (unpaired) electrons. The van der Waals surface area contributed by atoms with E-state index in [0.29, 0.717) is 11.3 Å². The predicted molar refractivity (Wildman–Crippen MR) is 89.1 cm³/mol. The summed E-state index contributed by atoms with van der Waals surface area (Å²) in [5, 5.41) is 2.07. The van der Waals surface area contributed by atoms with Crippen molar-refractivity contribution >= 4 is 33.4 Å². The van der Waals surface area contributed by atoms with E-state index in [9.17, 15) is 4.79 Å². The van der Waals surface area contributed by atoms with Crippen molar-refractivity contribution in [2.75, 3.05) is 5.73 Å². The molecule has 4 nitrogen and oxygen atoms in total. The van der Waals surface area contributed by atoms with E-state index in [1.807, 2.05) is 61.7 Å². The highest BCUT2D eigenvalue weighted by molar-refractivity contribution is 6.07. The number of aryl methyl sites for hydroxylation is 1. The van der Waals surface area contributed by atoms with Crippen molar-refractivity contribution in [1.29, 1.82) is 0 Å². The number of hydrogen-bond acceptors (Lipinski definition) is 2. The molecular weight excluding hydrogens is 274 g/mol. The number of nitrogen functional groups attached to an aromatic ring is 1. The monoisotopic (exact) mass is 289 g/mol. The highest BCUT2D eigenvalue weighted by Crippen LogP contribution is 2.26. The Hall–Kier alpha value is -3.01. The molecule has 0 saturated heterocycles. The van der Waals surface area contributed by atoms with Crippen molar-refractivity contribution in [2.24, 2.45) is 0 Å². The van der Waals surface area contributed by atoms with Crippen molar-refractivity contribution in [3.8, 4) is 0 Å². The van der Waals surface area contributed by atoms with Crippen LogP contribution in [0.5, 0.6) is 0 Å². The van der Waals surface area contributed by atoms with Crippen LogP contribution in [0.4, 0.5) is 5.69 Å². The average molecular weight is 289 g/mol. The van der Waals surface area contributed by atoms with E-state index in [0.717, 1.165) is 27.5 Å². The maximum atomic E-state index is 13.0. The van der Waals surface area contributed by atoms with Gasteiger partial charge in [-0.1, -0.05) is 18.2 Å². The maximum absolute atomic E-state index is 13.0. The van der Waals surface area contributed by atoms with Gasteiger partial charge in [-0.15, -0.1) is 0 Å². The van der Waals surface area contributed by atoms with Gasteiger partial charge in [0.25, 0.3) is 5.91 Å². The number of para-hydroxylation sites is 1. The molecule has 0 aliphatic heterocycles. The Morgan fingerprint density at radius 1 is 1.09 bits per heavy atom. The first-order valence-electron chi connectivity index (χ1n) is 7.13. The molecule has 22 heavy (non-hydrogen) atoms. The Morgan fingerprint density at radius 3 is 2.82 bits per heavy atom. The molecule has 0 spiro atoms. The highest BCUT2D eigenvalue weighted by Gasteiger charge is 2.16. The summed E-state index contributed by atoms with van der Waals surface area (Å²) < 4.78 is 1.69. The van der Waals surface area contributed by atoms with Crippen LogP contribution in [-0.2, 0) is 0 Å². The zero-order valence-electron chi connectivity index (χ0n) is 12.1. The topological polar surface area (TPSA) is 63.8 Å². The Balaban J connectivity index is 1.94. The molecule has 2 heterocycles. The molecule has 4 rings (SSSR count). The van der Waals surface area contributed by atoms with Crippen molar-refractivity contribution in [3.63, 3.8) is 0 Å². The van der Waals surface area contributed by atoms with Crippen LogP contribution in [-0.4, -0.2) is 15.5 Å². The maximum Gasteiger partial charge on any atom is 0.262 e. The number of anilines is 1. The number of carbonyl (C=O) groups is 1. The van der Waals surface area contributed by atoms with Gasteiger partial charge in [0.1, 0.15) is 0 Å². The summed E-state index contributed by atoms with van der Waals surface area (Å²) in [5.41, 5.74) is 9.94. The number of aromatic nitrogens is 2. The molecule has 0 saturated carbocycles. The average Bonchev–Trinajstić information content (AvgIpc) is 3.09. The zero-order valence-corrected chi connectivity index (χ0v) is 12.1. The molecule has 3 N–H and O–H groups in total. The van der Waals surface area contributed by atoms with E-state index in [1.54, 1.807) is 4.57 Å². The molecule has 0 aliphatic carbocycles. The second kappa shape index (κ2) is 4.49. The zero-order chi connectivity index (χ0) is 15.3. The molecule has 0 bridgehead atoms. The molecule has 108 valence electrons. The molecule has 0 amide bonds. The fourth-order valence-electron chi connectivity index (χ4n) is 2.99. The highest BCUT2D eigenvalue weighted by atomic mass is 16.2. The van der Waals surface area contributed by atoms with Gasteiger partial charge in [-0.25, -0.2) is 0 Å². The molecule has 2 aromatic heterocycles. The van der Waals surface area contributed by atoms with E-state index in [1.165, 1.54) is 0 Å². The van der Waals surface area contributed by atoms with Crippen LogP contribution in [0.1, 0.15) is 16.1 Å². The lowest BCUT2D eigenvalue weighted by Crippen LogP contribution is -2.14. The van der Waals surface area contributed by atoms with E-state index >= 15 is 0 Å². The second-order valence-corrected chi connectivity index (χ2v) is 5.49. The third-order valence-corrected chi connectivity index (χ3v) is 4.04. The Kier molecular flexibility index (Phi) is 2.60. The summed E-state index contributed by atoms with van der Waals surface area (Å²) in [6, 6.07) is 15.3. The molecule has 0 atom stereocenters. The number of hydrogen-bond donors (Lipinski definition) is 2. The van der Waals surface area contributed by atoms with Crippen molar-refractivity contribution in [2.45, 2.75) is 6.92 Å². The number of benzene rings is 2. The van der Waals surface area contributed by atoms with Gasteiger partial charge in [0.15, 0.2) is 0 Å². The van der Waals surface area contributed by atoms with Gasteiger partial charge in [-0.2, -0.15) is 0 Å². The Morgan fingerprint density at radius 2 is 1.95 bits per heavy atom. The number of nitrogens with zero attached hydrogens (tertiary/aromatic N) is 1. The minimum absolute atomic E-state index is 0.0677. The van der Waals surface area contributed by atoms with Crippen LogP contribution >= 0.6 is 0 Å². The minimum atomic E-state index is -0.0677. The number of aromatic amines is 1. The summed E-state index contributed by atoms with van der Waals surface area (Å²) in [6.45, 7) is 1.92. The van der Waals surface area contributed by atoms with Gasteiger partial charge in [-0.05, 0) is 42.6 Å². The number of fused-ring (bicyclic) bond motifs is 2. The smallest absolute Gasteiger partial charge is 0.262 e. The number of nitrogens with one attached hydrogen (secondary N) is 1. The number of H-pyrrole nitrogens is 1. The fraction of sp³-hybridized carbons (Fsp3) is 0.0556. The van der Waals surface area contributed by atoms with Gasteiger partial charge in [0.05, 0.1) is 11.2 Å². The molecule has 0 unspecified atom stereocenters. The van der Waals surface area contributed by atoms with Gasteiger partial charge >= 0.3 is 0 Å². The van der Waals surface area contributed by atoms with Crippen LogP contribution in [0.3, 0.4) is 0 Å². The molecular formula is C18H15N3O.